The van der Waals surface area contributed by atoms with Crippen molar-refractivity contribution in [1.29, 1.82) is 0 Å². The Hall–Kier alpha value is -2.96. The number of carbonyl (C=O) groups is 1. The van der Waals surface area contributed by atoms with Crippen LogP contribution in [0.1, 0.15) is 27.6 Å². The predicted molar refractivity (Wildman–Crippen MR) is 83.6 cm³/mol. The van der Waals surface area contributed by atoms with E-state index in [4.69, 9.17) is 4.52 Å². The lowest BCUT2D eigenvalue weighted by Crippen LogP contribution is -2.25. The van der Waals surface area contributed by atoms with E-state index < -0.39 is 0 Å². The molecule has 3 rings (SSSR count). The summed E-state index contributed by atoms with van der Waals surface area (Å²) in [4.78, 5) is 16.7. The maximum atomic E-state index is 12.3. The van der Waals surface area contributed by atoms with Crippen LogP contribution in [0.15, 0.2) is 35.0 Å². The highest BCUT2D eigenvalue weighted by molar-refractivity contribution is 5.92. The van der Waals surface area contributed by atoms with Gasteiger partial charge in [-0.1, -0.05) is 11.2 Å². The van der Waals surface area contributed by atoms with Crippen LogP contribution in [-0.2, 0) is 13.6 Å². The van der Waals surface area contributed by atoms with Crippen LogP contribution in [0.2, 0.25) is 0 Å². The number of aryl methyl sites for hydroxylation is 3. The van der Waals surface area contributed by atoms with Gasteiger partial charge in [0.15, 0.2) is 0 Å². The monoisotopic (exact) mass is 311 g/mol. The predicted octanol–water partition coefficient (Wildman–Crippen LogP) is 2.02. The average Bonchev–Trinajstić information content (AvgIpc) is 3.10. The Morgan fingerprint density at radius 3 is 2.78 bits per heavy atom. The zero-order chi connectivity index (χ0) is 16.4. The van der Waals surface area contributed by atoms with Crippen molar-refractivity contribution < 1.29 is 9.32 Å². The van der Waals surface area contributed by atoms with E-state index in [0.717, 1.165) is 17.0 Å². The Balaban J connectivity index is 1.80. The molecule has 0 bridgehead atoms. The minimum absolute atomic E-state index is 0.236. The van der Waals surface area contributed by atoms with Crippen molar-refractivity contribution in [3.05, 3.63) is 53.3 Å². The molecule has 0 radical (unpaired) electrons. The van der Waals surface area contributed by atoms with Crippen LogP contribution in [0.5, 0.6) is 0 Å². The van der Waals surface area contributed by atoms with E-state index in [1.54, 1.807) is 23.0 Å². The van der Waals surface area contributed by atoms with Gasteiger partial charge in [0, 0.05) is 13.2 Å². The number of carbonyl (C=O) groups excluding carboxylic acids is 1. The summed E-state index contributed by atoms with van der Waals surface area (Å²) in [5, 5.41) is 10.8. The molecule has 0 aliphatic rings. The highest BCUT2D eigenvalue weighted by Gasteiger charge is 2.15. The first-order valence-electron chi connectivity index (χ1n) is 7.21. The lowest BCUT2D eigenvalue weighted by molar-refractivity contribution is 0.0945. The third-order valence-corrected chi connectivity index (χ3v) is 3.62. The van der Waals surface area contributed by atoms with Crippen LogP contribution in [0.25, 0.3) is 11.3 Å². The maximum absolute atomic E-state index is 12.3. The molecule has 118 valence electrons. The largest absolute Gasteiger partial charge is 0.361 e. The summed E-state index contributed by atoms with van der Waals surface area (Å²) in [7, 11) is 1.83. The molecule has 3 aromatic heterocycles. The fourth-order valence-electron chi connectivity index (χ4n) is 2.39. The van der Waals surface area contributed by atoms with Crippen LogP contribution in [0.4, 0.5) is 0 Å². The van der Waals surface area contributed by atoms with E-state index in [0.29, 0.717) is 23.7 Å². The number of hydrogen-bond donors (Lipinski definition) is 1. The molecule has 1 amide bonds. The Morgan fingerprint density at radius 1 is 1.30 bits per heavy atom. The van der Waals surface area contributed by atoms with Gasteiger partial charge in [0.25, 0.3) is 5.91 Å². The summed E-state index contributed by atoms with van der Waals surface area (Å²) in [6, 6.07) is 7.17. The zero-order valence-corrected chi connectivity index (χ0v) is 13.2. The highest BCUT2D eigenvalue weighted by atomic mass is 16.5. The van der Waals surface area contributed by atoms with E-state index >= 15 is 0 Å². The molecule has 0 unspecified atom stereocenters. The molecular weight excluding hydrogens is 294 g/mol. The van der Waals surface area contributed by atoms with Crippen LogP contribution in [0.3, 0.4) is 0 Å². The number of aromatic nitrogens is 4. The Kier molecular flexibility index (Phi) is 3.92. The molecule has 0 aliphatic carbocycles. The van der Waals surface area contributed by atoms with Crippen molar-refractivity contribution in [3.8, 4) is 11.3 Å². The third-order valence-electron chi connectivity index (χ3n) is 3.62. The fourth-order valence-corrected chi connectivity index (χ4v) is 2.39. The van der Waals surface area contributed by atoms with Gasteiger partial charge >= 0.3 is 0 Å². The van der Waals surface area contributed by atoms with Gasteiger partial charge in [-0.05, 0) is 32.0 Å². The maximum Gasteiger partial charge on any atom is 0.270 e. The summed E-state index contributed by atoms with van der Waals surface area (Å²) in [6.07, 6.45) is 1.69. The zero-order valence-electron chi connectivity index (χ0n) is 13.2. The van der Waals surface area contributed by atoms with E-state index in [2.05, 4.69) is 20.6 Å². The molecule has 0 aromatic carbocycles. The number of nitrogens with zero attached hydrogens (tertiary/aromatic N) is 4. The van der Waals surface area contributed by atoms with Gasteiger partial charge < -0.3 is 9.84 Å². The third kappa shape index (κ3) is 2.98. The van der Waals surface area contributed by atoms with E-state index in [-0.39, 0.29) is 5.91 Å². The molecule has 7 nitrogen and oxygen atoms in total. The normalized spacial score (nSPS) is 10.7. The average molecular weight is 311 g/mol. The molecule has 7 heteroatoms. The van der Waals surface area contributed by atoms with E-state index in [9.17, 15) is 4.79 Å². The summed E-state index contributed by atoms with van der Waals surface area (Å²) < 4.78 is 6.88. The minimum Gasteiger partial charge on any atom is -0.361 e. The topological polar surface area (TPSA) is 85.8 Å². The Morgan fingerprint density at radius 2 is 2.13 bits per heavy atom. The first kappa shape index (κ1) is 15.0. The molecule has 0 aliphatic heterocycles. The van der Waals surface area contributed by atoms with Crippen LogP contribution < -0.4 is 5.32 Å². The Labute approximate surface area is 133 Å². The molecule has 0 spiro atoms. The molecule has 3 heterocycles. The quantitative estimate of drug-likeness (QED) is 0.796. The van der Waals surface area contributed by atoms with Crippen molar-refractivity contribution in [3.63, 3.8) is 0 Å². The van der Waals surface area contributed by atoms with Gasteiger partial charge in [-0.15, -0.1) is 0 Å². The lowest BCUT2D eigenvalue weighted by Gasteiger charge is -2.06. The van der Waals surface area contributed by atoms with Crippen molar-refractivity contribution in [2.24, 2.45) is 7.05 Å². The smallest absolute Gasteiger partial charge is 0.270 e. The van der Waals surface area contributed by atoms with Gasteiger partial charge in [0.1, 0.15) is 11.5 Å². The SMILES string of the molecule is Cc1noc(C)c1-c1cccc(C(=O)NCc2ccnn2C)n1. The molecule has 0 saturated carbocycles. The van der Waals surface area contributed by atoms with Gasteiger partial charge in [-0.25, -0.2) is 4.98 Å². The lowest BCUT2D eigenvalue weighted by atomic mass is 10.1. The molecular formula is C16H17N5O2. The first-order chi connectivity index (χ1) is 11.1. The molecule has 0 saturated heterocycles. The van der Waals surface area contributed by atoms with Crippen molar-refractivity contribution in [1.82, 2.24) is 25.2 Å². The molecule has 1 N–H and O–H groups in total. The van der Waals surface area contributed by atoms with E-state index in [1.165, 1.54) is 0 Å². The fraction of sp³-hybridized carbons (Fsp3) is 0.250. The van der Waals surface area contributed by atoms with Gasteiger partial charge in [0.2, 0.25) is 0 Å². The Bertz CT molecular complexity index is 830. The van der Waals surface area contributed by atoms with Crippen LogP contribution in [-0.4, -0.2) is 25.8 Å². The van der Waals surface area contributed by atoms with Crippen molar-refractivity contribution in [2.75, 3.05) is 0 Å². The van der Waals surface area contributed by atoms with Gasteiger partial charge in [-0.3, -0.25) is 9.48 Å². The van der Waals surface area contributed by atoms with Gasteiger partial charge in [-0.2, -0.15) is 5.10 Å². The molecule has 3 aromatic rings. The van der Waals surface area contributed by atoms with E-state index in [1.807, 2.05) is 33.0 Å². The summed E-state index contributed by atoms with van der Waals surface area (Å²) in [6.45, 7) is 4.07. The van der Waals surface area contributed by atoms with Crippen molar-refractivity contribution in [2.45, 2.75) is 20.4 Å². The van der Waals surface area contributed by atoms with Crippen molar-refractivity contribution >= 4 is 5.91 Å². The summed E-state index contributed by atoms with van der Waals surface area (Å²) in [5.74, 6) is 0.447. The highest BCUT2D eigenvalue weighted by Crippen LogP contribution is 2.24. The molecule has 23 heavy (non-hydrogen) atoms. The standard InChI is InChI=1S/C16H17N5O2/c1-10-15(11(2)23-20-10)13-5-4-6-14(19-13)16(22)17-9-12-7-8-18-21(12)3/h4-8H,9H2,1-3H3,(H,17,22). The summed E-state index contributed by atoms with van der Waals surface area (Å²) in [5.41, 5.74) is 3.52. The second-order valence-corrected chi connectivity index (χ2v) is 5.24. The molecule has 0 fully saturated rings. The molecule has 0 atom stereocenters. The van der Waals surface area contributed by atoms with Crippen LogP contribution >= 0.6 is 0 Å². The second-order valence-electron chi connectivity index (χ2n) is 5.24. The van der Waals surface area contributed by atoms with Gasteiger partial charge in [0.05, 0.1) is 29.2 Å². The summed E-state index contributed by atoms with van der Waals surface area (Å²) >= 11 is 0. The number of nitrogens with one attached hydrogen (secondary N) is 1. The van der Waals surface area contributed by atoms with Crippen LogP contribution in [0, 0.1) is 13.8 Å². The second kappa shape index (κ2) is 6.04. The first-order valence-corrected chi connectivity index (χ1v) is 7.21. The number of amides is 1. The number of hydrogen-bond acceptors (Lipinski definition) is 5. The minimum atomic E-state index is -0.236. The number of rotatable bonds is 4. The number of pyridine rings is 1.